The smallest absolute Gasteiger partial charge is 0.263 e. The van der Waals surface area contributed by atoms with Crippen LogP contribution in [0.3, 0.4) is 0 Å². The number of nitrogens with zero attached hydrogens (tertiary/aromatic N) is 4. The molecule has 2 aliphatic rings. The lowest BCUT2D eigenvalue weighted by molar-refractivity contribution is -0.116. The molecule has 2 fully saturated rings. The Morgan fingerprint density at radius 1 is 1.20 bits per heavy atom. The van der Waals surface area contributed by atoms with Gasteiger partial charge in [-0.2, -0.15) is 0 Å². The number of anilines is 1. The second-order valence-electron chi connectivity index (χ2n) is 7.99. The van der Waals surface area contributed by atoms with E-state index in [0.717, 1.165) is 13.1 Å². The number of hydrogen-bond acceptors (Lipinski definition) is 6. The standard InChI is InChI=1S/C21H27N5O4/c1-15-13-18(23-30-15)22-19(27)14-26-8-4-7-17(21(26)29)20(28)25-11-9-24(10-12-25)16-5-2-3-6-16/h4,7-8,13,16H,2-3,5-6,9-12,14H2,1H3,(H,22,23,27). The topological polar surface area (TPSA) is 101 Å². The van der Waals surface area contributed by atoms with Crippen LogP contribution in [0, 0.1) is 6.92 Å². The average molecular weight is 413 g/mol. The van der Waals surface area contributed by atoms with Gasteiger partial charge in [-0.15, -0.1) is 0 Å². The molecule has 3 heterocycles. The normalized spacial score (nSPS) is 18.0. The zero-order valence-corrected chi connectivity index (χ0v) is 17.2. The molecule has 30 heavy (non-hydrogen) atoms. The maximum absolute atomic E-state index is 13.0. The summed E-state index contributed by atoms with van der Waals surface area (Å²) in [6.07, 6.45) is 6.57. The number of amides is 2. The number of aromatic nitrogens is 2. The number of pyridine rings is 1. The summed E-state index contributed by atoms with van der Waals surface area (Å²) in [5.74, 6) is 0.175. The molecule has 0 spiro atoms. The van der Waals surface area contributed by atoms with E-state index in [1.165, 1.54) is 42.5 Å². The van der Waals surface area contributed by atoms with Crippen LogP contribution in [0.4, 0.5) is 5.82 Å². The predicted molar refractivity (Wildman–Crippen MR) is 110 cm³/mol. The fourth-order valence-corrected chi connectivity index (χ4v) is 4.32. The number of hydrogen-bond donors (Lipinski definition) is 1. The summed E-state index contributed by atoms with van der Waals surface area (Å²) >= 11 is 0. The molecule has 1 saturated heterocycles. The van der Waals surface area contributed by atoms with Crippen LogP contribution in [-0.4, -0.2) is 63.6 Å². The highest BCUT2D eigenvalue weighted by Crippen LogP contribution is 2.24. The third-order valence-electron chi connectivity index (χ3n) is 5.90. The Bertz CT molecular complexity index is 968. The minimum absolute atomic E-state index is 0.0943. The summed E-state index contributed by atoms with van der Waals surface area (Å²) in [7, 11) is 0. The van der Waals surface area contributed by atoms with Gasteiger partial charge < -0.3 is 19.3 Å². The van der Waals surface area contributed by atoms with E-state index >= 15 is 0 Å². The Hall–Kier alpha value is -2.94. The third kappa shape index (κ3) is 4.46. The van der Waals surface area contributed by atoms with Crippen molar-refractivity contribution < 1.29 is 14.1 Å². The molecule has 9 nitrogen and oxygen atoms in total. The maximum Gasteiger partial charge on any atom is 0.263 e. The maximum atomic E-state index is 13.0. The van der Waals surface area contributed by atoms with Gasteiger partial charge in [-0.25, -0.2) is 0 Å². The van der Waals surface area contributed by atoms with Crippen molar-refractivity contribution in [3.8, 4) is 0 Å². The Balaban J connectivity index is 1.39. The first-order valence-electron chi connectivity index (χ1n) is 10.5. The Kier molecular flexibility index (Phi) is 5.98. The molecule has 9 heteroatoms. The Labute approximate surface area is 174 Å². The van der Waals surface area contributed by atoms with Gasteiger partial charge in [0.15, 0.2) is 5.82 Å². The largest absolute Gasteiger partial charge is 0.360 e. The number of carbonyl (C=O) groups is 2. The molecule has 0 atom stereocenters. The second kappa shape index (κ2) is 8.83. The van der Waals surface area contributed by atoms with Crippen molar-refractivity contribution in [3.05, 3.63) is 46.1 Å². The van der Waals surface area contributed by atoms with E-state index in [1.807, 2.05) is 0 Å². The summed E-state index contributed by atoms with van der Waals surface area (Å²) in [6.45, 7) is 4.44. The van der Waals surface area contributed by atoms with Crippen LogP contribution in [0.25, 0.3) is 0 Å². The van der Waals surface area contributed by atoms with Crippen LogP contribution >= 0.6 is 0 Å². The molecule has 2 aromatic heterocycles. The van der Waals surface area contributed by atoms with Gasteiger partial charge >= 0.3 is 0 Å². The molecule has 160 valence electrons. The summed E-state index contributed by atoms with van der Waals surface area (Å²) in [4.78, 5) is 42.2. The first-order chi connectivity index (χ1) is 14.5. The molecule has 4 rings (SSSR count). The molecule has 0 bridgehead atoms. The minimum Gasteiger partial charge on any atom is -0.360 e. The molecule has 2 amide bonds. The lowest BCUT2D eigenvalue weighted by atomic mass is 10.1. The minimum atomic E-state index is -0.466. The number of carbonyl (C=O) groups excluding carboxylic acids is 2. The first-order valence-corrected chi connectivity index (χ1v) is 10.5. The molecular formula is C21H27N5O4. The average Bonchev–Trinajstić information content (AvgIpc) is 3.41. The monoisotopic (exact) mass is 413 g/mol. The van der Waals surface area contributed by atoms with Crippen LogP contribution in [0.2, 0.25) is 0 Å². The Morgan fingerprint density at radius 3 is 2.60 bits per heavy atom. The SMILES string of the molecule is Cc1cc(NC(=O)Cn2cccc(C(=O)N3CCN(C4CCCC4)CC3)c2=O)no1. The number of nitrogens with one attached hydrogen (secondary N) is 1. The van der Waals surface area contributed by atoms with Gasteiger partial charge in [0.2, 0.25) is 5.91 Å². The summed E-state index contributed by atoms with van der Waals surface area (Å²) in [5, 5.41) is 6.28. The van der Waals surface area contributed by atoms with Crippen LogP contribution in [0.5, 0.6) is 0 Å². The zero-order chi connectivity index (χ0) is 21.1. The van der Waals surface area contributed by atoms with E-state index in [9.17, 15) is 14.4 Å². The zero-order valence-electron chi connectivity index (χ0n) is 17.2. The van der Waals surface area contributed by atoms with E-state index in [0.29, 0.717) is 24.9 Å². The van der Waals surface area contributed by atoms with Gasteiger partial charge in [0.05, 0.1) is 0 Å². The van der Waals surface area contributed by atoms with E-state index in [2.05, 4.69) is 15.4 Å². The fourth-order valence-electron chi connectivity index (χ4n) is 4.32. The summed E-state index contributed by atoms with van der Waals surface area (Å²) < 4.78 is 6.15. The number of piperazine rings is 1. The fraction of sp³-hybridized carbons (Fsp3) is 0.524. The highest BCUT2D eigenvalue weighted by molar-refractivity contribution is 5.94. The van der Waals surface area contributed by atoms with Crippen LogP contribution in [0.1, 0.15) is 41.8 Å². The van der Waals surface area contributed by atoms with Crippen molar-refractivity contribution in [2.75, 3.05) is 31.5 Å². The summed E-state index contributed by atoms with van der Waals surface area (Å²) in [6, 6.07) is 5.38. The Morgan fingerprint density at radius 2 is 1.93 bits per heavy atom. The molecule has 0 unspecified atom stereocenters. The first kappa shape index (κ1) is 20.3. The third-order valence-corrected chi connectivity index (χ3v) is 5.90. The van der Waals surface area contributed by atoms with Crippen LogP contribution in [-0.2, 0) is 11.3 Å². The molecule has 1 saturated carbocycles. The molecular weight excluding hydrogens is 386 g/mol. The van der Waals surface area contributed by atoms with Crippen molar-refractivity contribution in [2.45, 2.75) is 45.2 Å². The molecule has 2 aromatic rings. The van der Waals surface area contributed by atoms with Crippen molar-refractivity contribution in [2.24, 2.45) is 0 Å². The van der Waals surface area contributed by atoms with Crippen molar-refractivity contribution in [3.63, 3.8) is 0 Å². The van der Waals surface area contributed by atoms with E-state index in [4.69, 9.17) is 4.52 Å². The second-order valence-corrected chi connectivity index (χ2v) is 7.99. The molecule has 0 aromatic carbocycles. The van der Waals surface area contributed by atoms with E-state index in [1.54, 1.807) is 24.0 Å². The number of rotatable bonds is 5. The highest BCUT2D eigenvalue weighted by Gasteiger charge is 2.29. The molecule has 0 radical (unpaired) electrons. The van der Waals surface area contributed by atoms with E-state index < -0.39 is 11.5 Å². The van der Waals surface area contributed by atoms with Gasteiger partial charge in [0.1, 0.15) is 17.9 Å². The van der Waals surface area contributed by atoms with Gasteiger partial charge in [0.25, 0.3) is 11.5 Å². The predicted octanol–water partition coefficient (Wildman–Crippen LogP) is 1.48. The van der Waals surface area contributed by atoms with Crippen molar-refractivity contribution in [1.29, 1.82) is 0 Å². The van der Waals surface area contributed by atoms with Gasteiger partial charge in [-0.1, -0.05) is 18.0 Å². The van der Waals surface area contributed by atoms with Crippen molar-refractivity contribution in [1.82, 2.24) is 19.5 Å². The molecule has 1 N–H and O–H groups in total. The van der Waals surface area contributed by atoms with Crippen molar-refractivity contribution >= 4 is 17.6 Å². The van der Waals surface area contributed by atoms with E-state index in [-0.39, 0.29) is 23.8 Å². The quantitative estimate of drug-likeness (QED) is 0.797. The summed E-state index contributed by atoms with van der Waals surface area (Å²) in [5.41, 5.74) is -0.371. The number of aryl methyl sites for hydroxylation is 1. The molecule has 1 aliphatic heterocycles. The van der Waals surface area contributed by atoms with Gasteiger partial charge in [-0.3, -0.25) is 19.3 Å². The lowest BCUT2D eigenvalue weighted by Gasteiger charge is -2.38. The highest BCUT2D eigenvalue weighted by atomic mass is 16.5. The van der Waals surface area contributed by atoms with Crippen LogP contribution < -0.4 is 10.9 Å². The van der Waals surface area contributed by atoms with Crippen LogP contribution in [0.15, 0.2) is 33.7 Å². The van der Waals surface area contributed by atoms with Gasteiger partial charge in [0, 0.05) is 44.5 Å². The lowest BCUT2D eigenvalue weighted by Crippen LogP contribution is -2.52. The molecule has 1 aliphatic carbocycles. The van der Waals surface area contributed by atoms with Gasteiger partial charge in [-0.05, 0) is 31.9 Å².